The van der Waals surface area contributed by atoms with Gasteiger partial charge in [0.25, 0.3) is 5.91 Å². The Morgan fingerprint density at radius 1 is 1.16 bits per heavy atom. The Balaban J connectivity index is 1.63. The van der Waals surface area contributed by atoms with Gasteiger partial charge in [0.2, 0.25) is 11.8 Å². The zero-order valence-corrected chi connectivity index (χ0v) is 22.9. The fourth-order valence-electron chi connectivity index (χ4n) is 5.34. The second-order valence-corrected chi connectivity index (χ2v) is 10.3. The molecule has 4 rings (SSSR count). The van der Waals surface area contributed by atoms with E-state index in [4.69, 9.17) is 5.73 Å². The summed E-state index contributed by atoms with van der Waals surface area (Å²) in [5.74, 6) is -1.36. The molecule has 0 aliphatic carbocycles. The zero-order valence-electron chi connectivity index (χ0n) is 22.9. The number of hydrogen-bond acceptors (Lipinski definition) is 6. The van der Waals surface area contributed by atoms with Gasteiger partial charge in [-0.1, -0.05) is 30.7 Å². The molecule has 3 amide bonds. The van der Waals surface area contributed by atoms with Crippen LogP contribution in [-0.4, -0.2) is 50.5 Å². The average Bonchev–Trinajstić information content (AvgIpc) is 3.30. The Kier molecular flexibility index (Phi) is 7.66. The zero-order chi connectivity index (χ0) is 27.7. The van der Waals surface area contributed by atoms with Crippen LogP contribution in [0.3, 0.4) is 0 Å². The molecule has 9 heteroatoms. The van der Waals surface area contributed by atoms with Crippen LogP contribution in [0.4, 0.5) is 11.5 Å². The first-order chi connectivity index (χ1) is 18.0. The lowest BCUT2D eigenvalue weighted by atomic mass is 9.80. The van der Waals surface area contributed by atoms with E-state index in [0.29, 0.717) is 17.9 Å². The first-order valence-corrected chi connectivity index (χ1v) is 12.9. The molecule has 1 aliphatic rings. The van der Waals surface area contributed by atoms with Gasteiger partial charge in [-0.15, -0.1) is 0 Å². The Labute approximate surface area is 223 Å². The maximum atomic E-state index is 13.8. The fourth-order valence-corrected chi connectivity index (χ4v) is 5.34. The molecule has 1 saturated heterocycles. The molecule has 2 aromatic heterocycles. The van der Waals surface area contributed by atoms with Gasteiger partial charge in [-0.3, -0.25) is 24.0 Å². The van der Waals surface area contributed by atoms with E-state index in [1.807, 2.05) is 39.8 Å². The highest BCUT2D eigenvalue weighted by Gasteiger charge is 2.55. The summed E-state index contributed by atoms with van der Waals surface area (Å²) in [6.45, 7) is 7.92. The third-order valence-electron chi connectivity index (χ3n) is 7.42. The number of hydrogen-bond donors (Lipinski definition) is 1. The summed E-state index contributed by atoms with van der Waals surface area (Å²) in [5, 5.41) is 4.15. The molecule has 0 bridgehead atoms. The topological polar surface area (TPSA) is 114 Å². The van der Waals surface area contributed by atoms with Crippen LogP contribution in [0.1, 0.15) is 53.6 Å². The second kappa shape index (κ2) is 10.8. The van der Waals surface area contributed by atoms with E-state index < -0.39 is 12.0 Å². The highest BCUT2D eigenvalue weighted by atomic mass is 16.2. The summed E-state index contributed by atoms with van der Waals surface area (Å²) in [4.78, 5) is 47.7. The molecule has 1 aromatic carbocycles. The Morgan fingerprint density at radius 3 is 2.53 bits per heavy atom. The predicted molar refractivity (Wildman–Crippen MR) is 146 cm³/mol. The number of β-lactam (4-membered cyclic amide) rings is 1. The smallest absolute Gasteiger partial charge is 0.250 e. The van der Waals surface area contributed by atoms with E-state index in [1.165, 1.54) is 9.80 Å². The molecule has 200 valence electrons. The van der Waals surface area contributed by atoms with Gasteiger partial charge < -0.3 is 10.6 Å². The number of nitrogen functional groups attached to an aromatic ring is 1. The van der Waals surface area contributed by atoms with Crippen molar-refractivity contribution >= 4 is 29.2 Å². The molecule has 3 atom stereocenters. The number of anilines is 2. The van der Waals surface area contributed by atoms with E-state index in [1.54, 1.807) is 37.2 Å². The van der Waals surface area contributed by atoms with Gasteiger partial charge in [-0.05, 0) is 68.4 Å². The Hall–Kier alpha value is -4.01. The van der Waals surface area contributed by atoms with Crippen molar-refractivity contribution in [3.8, 4) is 0 Å². The molecule has 0 radical (unpaired) electrons. The minimum absolute atomic E-state index is 0.0521. The van der Waals surface area contributed by atoms with Crippen molar-refractivity contribution in [3.05, 3.63) is 70.7 Å². The quantitative estimate of drug-likeness (QED) is 0.459. The van der Waals surface area contributed by atoms with Crippen molar-refractivity contribution in [2.24, 2.45) is 13.0 Å². The van der Waals surface area contributed by atoms with Crippen molar-refractivity contribution in [2.75, 3.05) is 17.7 Å². The number of imide groups is 1. The van der Waals surface area contributed by atoms with E-state index in [-0.39, 0.29) is 30.1 Å². The van der Waals surface area contributed by atoms with Crippen LogP contribution < -0.4 is 10.6 Å². The molecule has 0 unspecified atom stereocenters. The summed E-state index contributed by atoms with van der Waals surface area (Å²) in [5.41, 5.74) is 11.4. The van der Waals surface area contributed by atoms with Crippen molar-refractivity contribution < 1.29 is 14.4 Å². The van der Waals surface area contributed by atoms with Crippen LogP contribution in [0.5, 0.6) is 0 Å². The number of likely N-dealkylation sites (tertiary alicyclic amines) is 1. The van der Waals surface area contributed by atoms with Gasteiger partial charge in [0, 0.05) is 32.4 Å². The largest absolute Gasteiger partial charge is 0.384 e. The number of rotatable bonds is 8. The number of carbonyl (C=O) groups excluding carboxylic acids is 3. The van der Waals surface area contributed by atoms with E-state index >= 15 is 0 Å². The van der Waals surface area contributed by atoms with E-state index in [0.717, 1.165) is 34.4 Å². The lowest BCUT2D eigenvalue weighted by molar-refractivity contribution is -0.170. The number of aromatic nitrogens is 3. The summed E-state index contributed by atoms with van der Waals surface area (Å²) < 4.78 is 1.60. The highest BCUT2D eigenvalue weighted by Crippen LogP contribution is 2.36. The summed E-state index contributed by atoms with van der Waals surface area (Å²) in [6, 6.07) is 8.87. The van der Waals surface area contributed by atoms with Crippen LogP contribution in [0.15, 0.2) is 42.7 Å². The van der Waals surface area contributed by atoms with E-state index in [9.17, 15) is 14.4 Å². The summed E-state index contributed by atoms with van der Waals surface area (Å²) in [7, 11) is 3.41. The minimum Gasteiger partial charge on any atom is -0.384 e. The van der Waals surface area contributed by atoms with Crippen molar-refractivity contribution in [1.82, 2.24) is 19.7 Å². The first kappa shape index (κ1) is 27.0. The number of amides is 3. The number of benzene rings is 1. The second-order valence-electron chi connectivity index (χ2n) is 10.3. The van der Waals surface area contributed by atoms with Gasteiger partial charge in [-0.25, -0.2) is 4.98 Å². The molecule has 9 nitrogen and oxygen atoms in total. The highest BCUT2D eigenvalue weighted by molar-refractivity contribution is 6.12. The monoisotopic (exact) mass is 516 g/mol. The molecule has 2 N–H and O–H groups in total. The van der Waals surface area contributed by atoms with Crippen LogP contribution in [0.25, 0.3) is 0 Å². The molecule has 3 heterocycles. The molecular formula is C29H36N6O3. The van der Waals surface area contributed by atoms with Crippen LogP contribution in [-0.2, 0) is 27.9 Å². The number of pyridine rings is 1. The van der Waals surface area contributed by atoms with Crippen LogP contribution >= 0.6 is 0 Å². The minimum atomic E-state index is -0.911. The van der Waals surface area contributed by atoms with Gasteiger partial charge in [0.15, 0.2) is 0 Å². The predicted octanol–water partition coefficient (Wildman–Crippen LogP) is 3.47. The molecule has 1 aliphatic heterocycles. The standard InChI is InChI=1S/C29H36N6O3/c1-7-21(23-10-17(2)8-9-18(23)3)14-26(36)35-27(29(38)34(6)22-15-31-33(5)16-22)24(28(35)37)12-20-11-19(4)32-25(30)13-20/h8-11,13,15-16,21,24,27H,7,12,14H2,1-6H3,(H2,30,32)/t21-,24+,27-/m0/s1. The molecule has 0 saturated carbocycles. The first-order valence-electron chi connectivity index (χ1n) is 12.9. The number of nitrogens with zero attached hydrogens (tertiary/aromatic N) is 5. The summed E-state index contributed by atoms with van der Waals surface area (Å²) in [6.07, 6.45) is 4.49. The van der Waals surface area contributed by atoms with Gasteiger partial charge >= 0.3 is 0 Å². The average molecular weight is 517 g/mol. The molecule has 3 aromatic rings. The van der Waals surface area contributed by atoms with Gasteiger partial charge in [0.1, 0.15) is 11.9 Å². The maximum Gasteiger partial charge on any atom is 0.250 e. The lowest BCUT2D eigenvalue weighted by Crippen LogP contribution is -2.69. The Bertz CT molecular complexity index is 1360. The SMILES string of the molecule is CC[C@@H](CC(=O)N1C(=O)[C@H](Cc2cc(C)nc(N)c2)[C@H]1C(=O)N(C)c1cnn(C)c1)c1cc(C)ccc1C. The van der Waals surface area contributed by atoms with Crippen molar-refractivity contribution in [2.45, 2.75) is 58.9 Å². The number of nitrogens with two attached hydrogens (primary N) is 1. The maximum absolute atomic E-state index is 13.8. The summed E-state index contributed by atoms with van der Waals surface area (Å²) >= 11 is 0. The number of likely N-dealkylation sites (N-methyl/N-ethyl adjacent to an activating group) is 1. The number of carbonyl (C=O) groups is 3. The van der Waals surface area contributed by atoms with Gasteiger partial charge in [0.05, 0.1) is 17.8 Å². The molecule has 1 fully saturated rings. The Morgan fingerprint density at radius 2 is 1.89 bits per heavy atom. The normalized spacial score (nSPS) is 17.7. The third kappa shape index (κ3) is 5.32. The molecule has 0 spiro atoms. The van der Waals surface area contributed by atoms with Crippen molar-refractivity contribution in [3.63, 3.8) is 0 Å². The van der Waals surface area contributed by atoms with Crippen molar-refractivity contribution in [1.29, 1.82) is 0 Å². The molecular weight excluding hydrogens is 480 g/mol. The van der Waals surface area contributed by atoms with E-state index in [2.05, 4.69) is 22.2 Å². The van der Waals surface area contributed by atoms with Crippen LogP contribution in [0.2, 0.25) is 0 Å². The third-order valence-corrected chi connectivity index (χ3v) is 7.42. The van der Waals surface area contributed by atoms with Gasteiger partial charge in [-0.2, -0.15) is 5.10 Å². The fraction of sp³-hybridized carbons (Fsp3) is 0.414. The molecule has 38 heavy (non-hydrogen) atoms. The lowest BCUT2D eigenvalue weighted by Gasteiger charge is -2.46. The van der Waals surface area contributed by atoms with Crippen LogP contribution in [0, 0.1) is 26.7 Å². The number of aryl methyl sites for hydroxylation is 4.